The molecule has 7 heteroatoms. The zero-order valence-corrected chi connectivity index (χ0v) is 14.8. The monoisotopic (exact) mass is 341 g/mol. The number of halogens is 1. The van der Waals surface area contributed by atoms with E-state index in [1.165, 1.54) is 6.07 Å². The van der Waals surface area contributed by atoms with Crippen molar-refractivity contribution >= 4 is 24.0 Å². The Bertz CT molecular complexity index is 593. The van der Waals surface area contributed by atoms with Gasteiger partial charge in [-0.05, 0) is 24.4 Å². The first-order valence-electron chi connectivity index (χ1n) is 7.48. The van der Waals surface area contributed by atoms with E-state index in [9.17, 15) is 14.9 Å². The second kappa shape index (κ2) is 7.27. The summed E-state index contributed by atoms with van der Waals surface area (Å²) in [4.78, 5) is 25.2. The standard InChI is InChI=1S/C16H23N3O3.ClH/c1-16(2,3)13-6-5-11(9-14(13)19(21)22)15(20)18(4)12-7-8-17-10-12;/h5-6,9,12,17H,7-8,10H2,1-4H3;1H. The fourth-order valence-corrected chi connectivity index (χ4v) is 2.79. The van der Waals surface area contributed by atoms with Crippen molar-refractivity contribution in [2.24, 2.45) is 0 Å². The van der Waals surface area contributed by atoms with Gasteiger partial charge in [0.2, 0.25) is 0 Å². The number of hydrogen-bond donors (Lipinski definition) is 1. The van der Waals surface area contributed by atoms with Crippen LogP contribution in [0.2, 0.25) is 0 Å². The predicted octanol–water partition coefficient (Wildman–Crippen LogP) is 2.75. The number of nitro groups is 1. The van der Waals surface area contributed by atoms with Crippen LogP contribution in [-0.4, -0.2) is 41.9 Å². The Morgan fingerprint density at radius 3 is 2.52 bits per heavy atom. The Morgan fingerprint density at radius 1 is 1.39 bits per heavy atom. The first kappa shape index (κ1) is 19.4. The molecule has 6 nitrogen and oxygen atoms in total. The lowest BCUT2D eigenvalue weighted by Gasteiger charge is -2.24. The van der Waals surface area contributed by atoms with Crippen molar-refractivity contribution in [3.05, 3.63) is 39.4 Å². The molecule has 23 heavy (non-hydrogen) atoms. The summed E-state index contributed by atoms with van der Waals surface area (Å²) in [5.41, 5.74) is 0.676. The number of carbonyl (C=O) groups excluding carboxylic acids is 1. The third kappa shape index (κ3) is 4.20. The van der Waals surface area contributed by atoms with E-state index in [4.69, 9.17) is 0 Å². The van der Waals surface area contributed by atoms with Crippen LogP contribution in [0, 0.1) is 10.1 Å². The van der Waals surface area contributed by atoms with Gasteiger partial charge >= 0.3 is 0 Å². The SMILES string of the molecule is CN(C(=O)c1ccc(C(C)(C)C)c([N+](=O)[O-])c1)C1CCNC1.Cl. The van der Waals surface area contributed by atoms with Crippen LogP contribution in [0.25, 0.3) is 0 Å². The molecule has 128 valence electrons. The van der Waals surface area contributed by atoms with Crippen molar-refractivity contribution in [3.63, 3.8) is 0 Å². The van der Waals surface area contributed by atoms with Crippen LogP contribution in [0.5, 0.6) is 0 Å². The molecule has 1 N–H and O–H groups in total. The average molecular weight is 342 g/mol. The van der Waals surface area contributed by atoms with E-state index in [1.807, 2.05) is 20.8 Å². The molecule has 1 aliphatic rings. The van der Waals surface area contributed by atoms with E-state index >= 15 is 0 Å². The van der Waals surface area contributed by atoms with E-state index in [2.05, 4.69) is 5.32 Å². The molecule has 0 spiro atoms. The summed E-state index contributed by atoms with van der Waals surface area (Å²) in [5.74, 6) is -0.169. The van der Waals surface area contributed by atoms with E-state index in [-0.39, 0.29) is 35.5 Å². The number of carbonyl (C=O) groups is 1. The van der Waals surface area contributed by atoms with Crippen LogP contribution in [0.3, 0.4) is 0 Å². The molecule has 0 aliphatic carbocycles. The van der Waals surface area contributed by atoms with Crippen molar-refractivity contribution in [2.45, 2.75) is 38.6 Å². The number of likely N-dealkylation sites (N-methyl/N-ethyl adjacent to an activating group) is 1. The molecule has 0 bridgehead atoms. The van der Waals surface area contributed by atoms with Crippen LogP contribution in [0.15, 0.2) is 18.2 Å². The molecule has 0 saturated carbocycles. The fraction of sp³-hybridized carbons (Fsp3) is 0.562. The lowest BCUT2D eigenvalue weighted by atomic mass is 9.85. The summed E-state index contributed by atoms with van der Waals surface area (Å²) < 4.78 is 0. The van der Waals surface area contributed by atoms with Crippen molar-refractivity contribution in [1.29, 1.82) is 0 Å². The highest BCUT2D eigenvalue weighted by Gasteiger charge is 2.28. The van der Waals surface area contributed by atoms with E-state index in [0.717, 1.165) is 19.5 Å². The first-order chi connectivity index (χ1) is 10.2. The maximum atomic E-state index is 12.5. The van der Waals surface area contributed by atoms with Gasteiger partial charge in [-0.2, -0.15) is 0 Å². The Balaban J connectivity index is 0.00000264. The van der Waals surface area contributed by atoms with Gasteiger partial charge < -0.3 is 10.2 Å². The lowest BCUT2D eigenvalue weighted by molar-refractivity contribution is -0.386. The molecule has 1 fully saturated rings. The zero-order valence-electron chi connectivity index (χ0n) is 14.0. The zero-order chi connectivity index (χ0) is 16.5. The summed E-state index contributed by atoms with van der Waals surface area (Å²) in [7, 11) is 1.75. The summed E-state index contributed by atoms with van der Waals surface area (Å²) in [6, 6.07) is 4.94. The predicted molar refractivity (Wildman–Crippen MR) is 92.4 cm³/mol. The second-order valence-corrected chi connectivity index (χ2v) is 6.80. The minimum absolute atomic E-state index is 0. The smallest absolute Gasteiger partial charge is 0.273 e. The van der Waals surface area contributed by atoms with Crippen LogP contribution < -0.4 is 5.32 Å². The van der Waals surface area contributed by atoms with Gasteiger partial charge in [-0.15, -0.1) is 12.4 Å². The molecule has 1 unspecified atom stereocenters. The summed E-state index contributed by atoms with van der Waals surface area (Å²) in [6.07, 6.45) is 0.907. The highest BCUT2D eigenvalue weighted by molar-refractivity contribution is 5.95. The van der Waals surface area contributed by atoms with Crippen molar-refractivity contribution < 1.29 is 9.72 Å². The Morgan fingerprint density at radius 2 is 2.04 bits per heavy atom. The maximum Gasteiger partial charge on any atom is 0.273 e. The van der Waals surface area contributed by atoms with Crippen molar-refractivity contribution in [2.75, 3.05) is 20.1 Å². The van der Waals surface area contributed by atoms with Gasteiger partial charge in [0, 0.05) is 36.8 Å². The Labute approximate surface area is 142 Å². The van der Waals surface area contributed by atoms with E-state index in [1.54, 1.807) is 24.1 Å². The maximum absolute atomic E-state index is 12.5. The van der Waals surface area contributed by atoms with Gasteiger partial charge in [0.1, 0.15) is 0 Å². The molecule has 0 radical (unpaired) electrons. The molecule has 1 atom stereocenters. The Kier molecular flexibility index (Phi) is 6.13. The van der Waals surface area contributed by atoms with Gasteiger partial charge in [-0.1, -0.05) is 26.8 Å². The highest BCUT2D eigenvalue weighted by Crippen LogP contribution is 2.32. The first-order valence-corrected chi connectivity index (χ1v) is 7.48. The van der Waals surface area contributed by atoms with Crippen LogP contribution in [0.4, 0.5) is 5.69 Å². The minimum atomic E-state index is -0.408. The molecule has 1 aromatic rings. The van der Waals surface area contributed by atoms with Gasteiger partial charge in [0.25, 0.3) is 11.6 Å². The molecule has 1 heterocycles. The number of hydrogen-bond acceptors (Lipinski definition) is 4. The number of rotatable bonds is 3. The Hall–Kier alpha value is -1.66. The molecule has 1 saturated heterocycles. The second-order valence-electron chi connectivity index (χ2n) is 6.80. The summed E-state index contributed by atoms with van der Waals surface area (Å²) in [5, 5.41) is 14.6. The molecule has 0 aromatic heterocycles. The average Bonchev–Trinajstić information content (AvgIpc) is 2.98. The number of benzene rings is 1. The van der Waals surface area contributed by atoms with Crippen molar-refractivity contribution in [1.82, 2.24) is 10.2 Å². The lowest BCUT2D eigenvalue weighted by Crippen LogP contribution is -2.38. The van der Waals surface area contributed by atoms with E-state index < -0.39 is 4.92 Å². The summed E-state index contributed by atoms with van der Waals surface area (Å²) >= 11 is 0. The largest absolute Gasteiger partial charge is 0.337 e. The number of nitrogens with one attached hydrogen (secondary N) is 1. The number of amides is 1. The van der Waals surface area contributed by atoms with Crippen molar-refractivity contribution in [3.8, 4) is 0 Å². The third-order valence-corrected chi connectivity index (χ3v) is 4.15. The normalized spacial score (nSPS) is 17.5. The van der Waals surface area contributed by atoms with Gasteiger partial charge in [-0.3, -0.25) is 14.9 Å². The molecule has 2 rings (SSSR count). The molecule has 1 amide bonds. The summed E-state index contributed by atoms with van der Waals surface area (Å²) in [6.45, 7) is 7.43. The van der Waals surface area contributed by atoms with Crippen LogP contribution in [0.1, 0.15) is 43.1 Å². The van der Waals surface area contributed by atoms with E-state index in [0.29, 0.717) is 11.1 Å². The number of nitro benzene ring substituents is 1. The molecular formula is C16H24ClN3O3. The molecular weight excluding hydrogens is 318 g/mol. The highest BCUT2D eigenvalue weighted by atomic mass is 35.5. The third-order valence-electron chi connectivity index (χ3n) is 4.15. The van der Waals surface area contributed by atoms with Gasteiger partial charge in [0.05, 0.1) is 4.92 Å². The minimum Gasteiger partial charge on any atom is -0.337 e. The quantitative estimate of drug-likeness (QED) is 0.677. The van der Waals surface area contributed by atoms with Crippen LogP contribution >= 0.6 is 12.4 Å². The molecule has 1 aliphatic heterocycles. The topological polar surface area (TPSA) is 75.5 Å². The van der Waals surface area contributed by atoms with Gasteiger partial charge in [0.15, 0.2) is 0 Å². The number of nitrogens with zero attached hydrogens (tertiary/aromatic N) is 2. The van der Waals surface area contributed by atoms with Gasteiger partial charge in [-0.25, -0.2) is 0 Å². The fourth-order valence-electron chi connectivity index (χ4n) is 2.79. The molecule has 1 aromatic carbocycles. The van der Waals surface area contributed by atoms with Crippen LogP contribution in [-0.2, 0) is 5.41 Å².